The molecule has 0 spiro atoms. The molecular weight excluding hydrogens is 351 g/mol. The van der Waals surface area contributed by atoms with Crippen LogP contribution in [-0.2, 0) is 6.42 Å². The van der Waals surface area contributed by atoms with E-state index < -0.39 is 23.2 Å². The van der Waals surface area contributed by atoms with Gasteiger partial charge in [0.1, 0.15) is 11.5 Å². The average molecular weight is 367 g/mol. The Hall–Kier alpha value is -1.24. The predicted octanol–water partition coefficient (Wildman–Crippen LogP) is 3.81. The summed E-state index contributed by atoms with van der Waals surface area (Å²) in [7, 11) is 0. The van der Waals surface area contributed by atoms with Crippen LogP contribution in [0, 0.1) is 5.41 Å². The van der Waals surface area contributed by atoms with E-state index >= 15 is 0 Å². The summed E-state index contributed by atoms with van der Waals surface area (Å²) in [5.41, 5.74) is -2.03. The number of rotatable bonds is 7. The normalized spacial score (nSPS) is 11.5. The highest BCUT2D eigenvalue weighted by atomic mass is 79.9. The first-order valence-corrected chi connectivity index (χ1v) is 7.62. The number of alkyl halides is 4. The molecule has 0 bridgehead atoms. The van der Waals surface area contributed by atoms with Crippen molar-refractivity contribution in [3.05, 3.63) is 23.3 Å². The van der Waals surface area contributed by atoms with Crippen LogP contribution < -0.4 is 9.84 Å². The topological polar surface area (TPSA) is 56.1 Å². The van der Waals surface area contributed by atoms with Gasteiger partial charge in [0.2, 0.25) is 0 Å². The van der Waals surface area contributed by atoms with Crippen LogP contribution in [0.2, 0.25) is 0 Å². The lowest BCUT2D eigenvalue weighted by Gasteiger charge is -2.23. The minimum atomic E-state index is -4.83. The molecule has 7 heteroatoms. The summed E-state index contributed by atoms with van der Waals surface area (Å²) in [5.74, 6) is -0.461. The zero-order valence-corrected chi connectivity index (χ0v) is 13.1. The average Bonchev–Trinajstić information content (AvgIpc) is 2.41. The maximum atomic E-state index is 12.6. The molecule has 1 rings (SSSR count). The van der Waals surface area contributed by atoms with Crippen LogP contribution in [0.4, 0.5) is 13.2 Å². The van der Waals surface area contributed by atoms with Crippen LogP contribution in [0.15, 0.2) is 12.1 Å². The lowest BCUT2D eigenvalue weighted by atomic mass is 10.00. The maximum Gasteiger partial charge on any atom is 0.433 e. The standard InChI is InChI=1S/C14H17BrF3NO2/c1-2-4-9-11(21-8-3-7-15)6-5-10(12(9)20)13(19)14(16,17)18/h5-6,19-20H,2-4,7-8H2,1H3/p-1. The molecule has 0 aliphatic carbocycles. The number of hydrogen-bond acceptors (Lipinski definition) is 3. The van der Waals surface area contributed by atoms with Crippen molar-refractivity contribution in [2.24, 2.45) is 0 Å². The highest BCUT2D eigenvalue weighted by Crippen LogP contribution is 2.34. The van der Waals surface area contributed by atoms with Crippen LogP contribution in [0.25, 0.3) is 0 Å². The summed E-state index contributed by atoms with van der Waals surface area (Å²) in [4.78, 5) is 0. The summed E-state index contributed by atoms with van der Waals surface area (Å²) in [5, 5.41) is 20.0. The van der Waals surface area contributed by atoms with Gasteiger partial charge in [0.05, 0.1) is 6.61 Å². The predicted molar refractivity (Wildman–Crippen MR) is 76.7 cm³/mol. The van der Waals surface area contributed by atoms with Gasteiger partial charge in [-0.05, 0) is 36.1 Å². The summed E-state index contributed by atoms with van der Waals surface area (Å²) in [6, 6.07) is 2.36. The van der Waals surface area contributed by atoms with E-state index in [-0.39, 0.29) is 5.56 Å². The fourth-order valence-electron chi connectivity index (χ4n) is 1.82. The largest absolute Gasteiger partial charge is 0.872 e. The van der Waals surface area contributed by atoms with Crippen molar-refractivity contribution in [2.75, 3.05) is 11.9 Å². The van der Waals surface area contributed by atoms with Gasteiger partial charge in [-0.15, -0.1) is 0 Å². The first-order chi connectivity index (χ1) is 9.82. The molecule has 0 radical (unpaired) electrons. The van der Waals surface area contributed by atoms with Crippen molar-refractivity contribution < 1.29 is 23.0 Å². The van der Waals surface area contributed by atoms with Crippen molar-refractivity contribution in [2.45, 2.75) is 32.4 Å². The Kier molecular flexibility index (Phi) is 6.51. The third-order valence-corrected chi connectivity index (χ3v) is 3.37. The van der Waals surface area contributed by atoms with Crippen molar-refractivity contribution in [1.29, 1.82) is 5.41 Å². The molecule has 118 valence electrons. The number of nitrogens with one attached hydrogen (secondary N) is 1. The first kappa shape index (κ1) is 17.8. The van der Waals surface area contributed by atoms with E-state index in [1.165, 1.54) is 6.07 Å². The van der Waals surface area contributed by atoms with Crippen LogP contribution in [-0.4, -0.2) is 23.8 Å². The van der Waals surface area contributed by atoms with Gasteiger partial charge in [-0.2, -0.15) is 13.2 Å². The Morgan fingerprint density at radius 2 is 2.05 bits per heavy atom. The third-order valence-electron chi connectivity index (χ3n) is 2.81. The third kappa shape index (κ3) is 4.62. The maximum absolute atomic E-state index is 12.6. The van der Waals surface area contributed by atoms with Crippen molar-refractivity contribution in [3.63, 3.8) is 0 Å². The second-order valence-electron chi connectivity index (χ2n) is 4.43. The van der Waals surface area contributed by atoms with E-state index in [2.05, 4.69) is 15.9 Å². The molecule has 0 atom stereocenters. The molecule has 0 aliphatic heterocycles. The molecule has 0 saturated heterocycles. The van der Waals surface area contributed by atoms with E-state index in [0.29, 0.717) is 25.2 Å². The second-order valence-corrected chi connectivity index (χ2v) is 5.23. The van der Waals surface area contributed by atoms with E-state index in [1.54, 1.807) is 0 Å². The van der Waals surface area contributed by atoms with E-state index in [4.69, 9.17) is 10.1 Å². The SMILES string of the molecule is CCCc1c(OCCCBr)ccc(C(=N)C(F)(F)F)c1[O-]. The number of hydrogen-bond donors (Lipinski definition) is 1. The quantitative estimate of drug-likeness (QED) is 0.453. The van der Waals surface area contributed by atoms with Gasteiger partial charge >= 0.3 is 6.18 Å². The smallest absolute Gasteiger partial charge is 0.433 e. The Labute approximate surface area is 129 Å². The van der Waals surface area contributed by atoms with Crippen LogP contribution in [0.5, 0.6) is 11.5 Å². The molecule has 0 heterocycles. The Morgan fingerprint density at radius 1 is 1.38 bits per heavy atom. The summed E-state index contributed by atoms with van der Waals surface area (Å²) in [6.07, 6.45) is -3.19. The number of halogens is 4. The van der Waals surface area contributed by atoms with Crippen molar-refractivity contribution in [1.82, 2.24) is 0 Å². The molecular formula is C14H16BrF3NO2-. The van der Waals surface area contributed by atoms with Crippen molar-refractivity contribution >= 4 is 21.6 Å². The molecule has 1 N–H and O–H groups in total. The van der Waals surface area contributed by atoms with E-state index in [9.17, 15) is 18.3 Å². The zero-order valence-electron chi connectivity index (χ0n) is 11.5. The lowest BCUT2D eigenvalue weighted by molar-refractivity contribution is -0.270. The van der Waals surface area contributed by atoms with Gasteiger partial charge in [-0.25, -0.2) is 0 Å². The highest BCUT2D eigenvalue weighted by Gasteiger charge is 2.35. The molecule has 21 heavy (non-hydrogen) atoms. The molecule has 0 aliphatic rings. The Balaban J connectivity index is 3.15. The molecule has 0 aromatic heterocycles. The highest BCUT2D eigenvalue weighted by molar-refractivity contribution is 9.09. The number of ether oxygens (including phenoxy) is 1. The summed E-state index contributed by atoms with van der Waals surface area (Å²) >= 11 is 3.24. The van der Waals surface area contributed by atoms with Crippen LogP contribution in [0.1, 0.15) is 30.9 Å². The fraction of sp³-hybridized carbons (Fsp3) is 0.500. The van der Waals surface area contributed by atoms with Crippen molar-refractivity contribution in [3.8, 4) is 11.5 Å². The van der Waals surface area contributed by atoms with Gasteiger partial charge in [0.15, 0.2) is 0 Å². The van der Waals surface area contributed by atoms with E-state index in [1.807, 2.05) is 6.92 Å². The Morgan fingerprint density at radius 3 is 2.57 bits per heavy atom. The summed E-state index contributed by atoms with van der Waals surface area (Å²) in [6.45, 7) is 2.20. The molecule has 1 aromatic rings. The van der Waals surface area contributed by atoms with Crippen LogP contribution >= 0.6 is 15.9 Å². The molecule has 0 amide bonds. The minimum Gasteiger partial charge on any atom is -0.872 e. The molecule has 1 aromatic carbocycles. The fourth-order valence-corrected chi connectivity index (χ4v) is 2.05. The molecule has 0 fully saturated rings. The first-order valence-electron chi connectivity index (χ1n) is 6.50. The van der Waals surface area contributed by atoms with Gasteiger partial charge in [-0.1, -0.05) is 35.0 Å². The minimum absolute atomic E-state index is 0.207. The molecule has 0 saturated carbocycles. The second kappa shape index (κ2) is 7.68. The Bertz CT molecular complexity index is 504. The molecule has 3 nitrogen and oxygen atoms in total. The summed E-state index contributed by atoms with van der Waals surface area (Å²) < 4.78 is 43.2. The molecule has 0 unspecified atom stereocenters. The monoisotopic (exact) mass is 366 g/mol. The van der Waals surface area contributed by atoms with Gasteiger partial charge < -0.3 is 9.84 Å². The van der Waals surface area contributed by atoms with E-state index in [0.717, 1.165) is 17.8 Å². The van der Waals surface area contributed by atoms with Gasteiger partial charge in [0.25, 0.3) is 0 Å². The van der Waals surface area contributed by atoms with Gasteiger partial charge in [0, 0.05) is 5.33 Å². The lowest BCUT2D eigenvalue weighted by Crippen LogP contribution is -2.24. The number of benzene rings is 1. The van der Waals surface area contributed by atoms with Crippen LogP contribution in [0.3, 0.4) is 0 Å². The van der Waals surface area contributed by atoms with Gasteiger partial charge in [-0.3, -0.25) is 5.41 Å². The zero-order chi connectivity index (χ0) is 16.0.